The third kappa shape index (κ3) is 4.99. The van der Waals surface area contributed by atoms with Crippen molar-refractivity contribution < 1.29 is 9.53 Å². The number of nitrogens with zero attached hydrogens (tertiary/aromatic N) is 1. The zero-order valence-electron chi connectivity index (χ0n) is 16.1. The molecule has 0 saturated heterocycles. The molecule has 1 fully saturated rings. The normalized spacial score (nSPS) is 13.7. The van der Waals surface area contributed by atoms with Crippen LogP contribution in [-0.4, -0.2) is 30.6 Å². The van der Waals surface area contributed by atoms with E-state index in [-0.39, 0.29) is 36.8 Å². The van der Waals surface area contributed by atoms with E-state index in [1.807, 2.05) is 54.6 Å². The largest absolute Gasteiger partial charge is 0.497 e. The van der Waals surface area contributed by atoms with E-state index in [4.69, 9.17) is 15.5 Å². The number of amides is 1. The van der Waals surface area contributed by atoms with Crippen molar-refractivity contribution in [3.63, 3.8) is 0 Å². The molecule has 0 spiro atoms. The number of nitrogens with one attached hydrogen (secondary N) is 1. The lowest BCUT2D eigenvalue weighted by Crippen LogP contribution is -2.41. The van der Waals surface area contributed by atoms with Gasteiger partial charge >= 0.3 is 0 Å². The summed E-state index contributed by atoms with van der Waals surface area (Å²) in [7, 11) is 1.64. The van der Waals surface area contributed by atoms with Crippen LogP contribution in [0.15, 0.2) is 54.6 Å². The first-order valence-corrected chi connectivity index (χ1v) is 9.24. The first-order chi connectivity index (χ1) is 13.2. The predicted octanol–water partition coefficient (Wildman–Crippen LogP) is 4.22. The molecule has 1 aliphatic carbocycles. The summed E-state index contributed by atoms with van der Waals surface area (Å²) in [4.78, 5) is 17.8. The van der Waals surface area contributed by atoms with E-state index < -0.39 is 0 Å². The Balaban J connectivity index is 0.00000150. The fourth-order valence-electron chi connectivity index (χ4n) is 3.39. The van der Waals surface area contributed by atoms with Crippen LogP contribution in [0.2, 0.25) is 0 Å². The zero-order chi connectivity index (χ0) is 18.8. The summed E-state index contributed by atoms with van der Waals surface area (Å²) < 4.78 is 5.23. The number of fused-ring (bicyclic) bond motifs is 1. The Kier molecular flexibility index (Phi) is 7.85. The molecule has 1 aliphatic rings. The summed E-state index contributed by atoms with van der Waals surface area (Å²) in [5.74, 6) is 1.20. The minimum absolute atomic E-state index is 0. The van der Waals surface area contributed by atoms with Gasteiger partial charge in [0.25, 0.3) is 5.91 Å². The van der Waals surface area contributed by atoms with Gasteiger partial charge in [0.05, 0.1) is 23.9 Å². The quantitative estimate of drug-likeness (QED) is 0.609. The van der Waals surface area contributed by atoms with E-state index in [0.29, 0.717) is 18.0 Å². The third-order valence-corrected chi connectivity index (χ3v) is 5.11. The molecule has 1 unspecified atom stereocenters. The summed E-state index contributed by atoms with van der Waals surface area (Å²) in [6.45, 7) is 0.463. The van der Waals surface area contributed by atoms with Gasteiger partial charge in [-0.3, -0.25) is 4.79 Å². The zero-order valence-corrected chi connectivity index (χ0v) is 17.8. The second kappa shape index (κ2) is 9.92. The van der Waals surface area contributed by atoms with E-state index in [1.54, 1.807) is 7.11 Å². The van der Waals surface area contributed by atoms with Crippen LogP contribution < -0.4 is 15.8 Å². The molecule has 3 N–H and O–H groups in total. The maximum Gasteiger partial charge on any atom is 0.252 e. The number of para-hydroxylation sites is 1. The number of carbonyl (C=O) groups excluding carboxylic acids is 1. The molecule has 154 valence electrons. The van der Waals surface area contributed by atoms with Crippen LogP contribution >= 0.6 is 24.8 Å². The molecule has 29 heavy (non-hydrogen) atoms. The van der Waals surface area contributed by atoms with Gasteiger partial charge in [0.1, 0.15) is 5.75 Å². The molecule has 3 aromatic rings. The van der Waals surface area contributed by atoms with Crippen LogP contribution in [-0.2, 0) is 0 Å². The molecular weight excluding hydrogens is 409 g/mol. The van der Waals surface area contributed by atoms with Gasteiger partial charge < -0.3 is 15.8 Å². The second-order valence-electron chi connectivity index (χ2n) is 6.95. The van der Waals surface area contributed by atoms with Gasteiger partial charge in [-0.1, -0.05) is 18.2 Å². The van der Waals surface area contributed by atoms with Crippen molar-refractivity contribution in [2.75, 3.05) is 13.7 Å². The number of benzene rings is 2. The van der Waals surface area contributed by atoms with E-state index in [1.165, 1.54) is 0 Å². The van der Waals surface area contributed by atoms with Gasteiger partial charge in [-0.05, 0) is 55.2 Å². The van der Waals surface area contributed by atoms with Crippen molar-refractivity contribution in [1.29, 1.82) is 0 Å². The Labute approximate surface area is 182 Å². The molecule has 1 atom stereocenters. The minimum Gasteiger partial charge on any atom is -0.497 e. The number of nitrogens with two attached hydrogens (primary N) is 1. The highest BCUT2D eigenvalue weighted by Gasteiger charge is 2.31. The van der Waals surface area contributed by atoms with Crippen molar-refractivity contribution in [2.45, 2.75) is 18.9 Å². The average Bonchev–Trinajstić information content (AvgIpc) is 3.56. The molecule has 1 amide bonds. The van der Waals surface area contributed by atoms with Crippen molar-refractivity contribution in [1.82, 2.24) is 10.3 Å². The standard InChI is InChI=1S/C22H23N3O2.2ClH/c1-27-16-10-8-14(9-11-16)20-12-18(17-4-2-3-5-19(17)24-20)22(26)25-21(13-23)15-6-7-15;;/h2-5,8-12,15,21H,6-7,13,23H2,1H3,(H,25,26);2*1H. The van der Waals surface area contributed by atoms with Crippen molar-refractivity contribution >= 4 is 41.6 Å². The Hall–Kier alpha value is -2.34. The third-order valence-electron chi connectivity index (χ3n) is 5.11. The molecule has 4 rings (SSSR count). The summed E-state index contributed by atoms with van der Waals surface area (Å²) in [5, 5.41) is 3.97. The molecule has 0 aliphatic heterocycles. The molecule has 0 radical (unpaired) electrons. The smallest absolute Gasteiger partial charge is 0.252 e. The lowest BCUT2D eigenvalue weighted by Gasteiger charge is -2.17. The van der Waals surface area contributed by atoms with Crippen molar-refractivity contribution in [3.8, 4) is 17.0 Å². The van der Waals surface area contributed by atoms with Crippen molar-refractivity contribution in [3.05, 3.63) is 60.2 Å². The number of rotatable bonds is 6. The molecule has 5 nitrogen and oxygen atoms in total. The topological polar surface area (TPSA) is 77.2 Å². The second-order valence-corrected chi connectivity index (χ2v) is 6.95. The molecular formula is C22H25Cl2N3O2. The highest BCUT2D eigenvalue weighted by Crippen LogP contribution is 2.33. The van der Waals surface area contributed by atoms with E-state index in [2.05, 4.69) is 5.32 Å². The van der Waals surface area contributed by atoms with Crippen LogP contribution in [0.1, 0.15) is 23.2 Å². The fourth-order valence-corrected chi connectivity index (χ4v) is 3.39. The number of carbonyl (C=O) groups is 1. The Morgan fingerprint density at radius 2 is 1.86 bits per heavy atom. The van der Waals surface area contributed by atoms with Gasteiger partial charge in [-0.25, -0.2) is 4.98 Å². The van der Waals surface area contributed by atoms with E-state index in [9.17, 15) is 4.79 Å². The highest BCUT2D eigenvalue weighted by atomic mass is 35.5. The lowest BCUT2D eigenvalue weighted by atomic mass is 10.0. The van der Waals surface area contributed by atoms with Gasteiger partial charge in [-0.15, -0.1) is 24.8 Å². The van der Waals surface area contributed by atoms with Crippen LogP contribution in [0.4, 0.5) is 0 Å². The molecule has 2 aromatic carbocycles. The average molecular weight is 434 g/mol. The molecule has 0 bridgehead atoms. The minimum atomic E-state index is -0.0919. The van der Waals surface area contributed by atoms with Crippen LogP contribution in [0.25, 0.3) is 22.2 Å². The number of methoxy groups -OCH3 is 1. The SMILES string of the molecule is COc1ccc(-c2cc(C(=O)NC(CN)C3CC3)c3ccccc3n2)cc1.Cl.Cl. The number of pyridine rings is 1. The number of halogens is 2. The predicted molar refractivity (Wildman–Crippen MR) is 121 cm³/mol. The van der Waals surface area contributed by atoms with E-state index in [0.717, 1.165) is 40.8 Å². The van der Waals surface area contributed by atoms with Gasteiger partial charge in [0.15, 0.2) is 0 Å². The fraction of sp³-hybridized carbons (Fsp3) is 0.273. The maximum atomic E-state index is 13.0. The Morgan fingerprint density at radius 3 is 2.48 bits per heavy atom. The molecule has 7 heteroatoms. The summed E-state index contributed by atoms with van der Waals surface area (Å²) in [6.07, 6.45) is 2.27. The van der Waals surface area contributed by atoms with Gasteiger partial charge in [0.2, 0.25) is 0 Å². The molecule has 1 heterocycles. The van der Waals surface area contributed by atoms with Crippen LogP contribution in [0.5, 0.6) is 5.75 Å². The van der Waals surface area contributed by atoms with Crippen molar-refractivity contribution in [2.24, 2.45) is 11.7 Å². The monoisotopic (exact) mass is 433 g/mol. The lowest BCUT2D eigenvalue weighted by molar-refractivity contribution is 0.0935. The van der Waals surface area contributed by atoms with Gasteiger partial charge in [-0.2, -0.15) is 0 Å². The Bertz CT molecular complexity index is 975. The number of ether oxygens (including phenoxy) is 1. The first-order valence-electron chi connectivity index (χ1n) is 9.24. The molecule has 1 saturated carbocycles. The van der Waals surface area contributed by atoms with Crippen LogP contribution in [0.3, 0.4) is 0 Å². The highest BCUT2D eigenvalue weighted by molar-refractivity contribution is 6.07. The Morgan fingerprint density at radius 1 is 1.17 bits per heavy atom. The maximum absolute atomic E-state index is 13.0. The number of aromatic nitrogens is 1. The summed E-state index contributed by atoms with van der Waals surface area (Å²) in [5.41, 5.74) is 8.99. The van der Waals surface area contributed by atoms with Gasteiger partial charge in [0, 0.05) is 23.5 Å². The molecule has 1 aromatic heterocycles. The van der Waals surface area contributed by atoms with Crippen LogP contribution in [0, 0.1) is 5.92 Å². The number of hydrogen-bond donors (Lipinski definition) is 2. The summed E-state index contributed by atoms with van der Waals surface area (Å²) in [6, 6.07) is 17.3. The van der Waals surface area contributed by atoms with E-state index >= 15 is 0 Å². The number of hydrogen-bond acceptors (Lipinski definition) is 4. The first kappa shape index (κ1) is 22.9. The summed E-state index contributed by atoms with van der Waals surface area (Å²) >= 11 is 0.